The SMILES string of the molecule is CC(=O)c1ccc(Sc2ncn[nH]2)cn1. The second-order valence-electron chi connectivity index (χ2n) is 2.83. The quantitative estimate of drug-likeness (QED) is 0.794. The van der Waals surface area contributed by atoms with Crippen molar-refractivity contribution in [3.63, 3.8) is 0 Å². The molecule has 2 aromatic heterocycles. The molecule has 0 spiro atoms. The fourth-order valence-corrected chi connectivity index (χ4v) is 1.67. The highest BCUT2D eigenvalue weighted by Crippen LogP contribution is 2.22. The highest BCUT2D eigenvalue weighted by atomic mass is 32.2. The lowest BCUT2D eigenvalue weighted by molar-refractivity contribution is 0.101. The lowest BCUT2D eigenvalue weighted by Crippen LogP contribution is -1.95. The number of aromatic amines is 1. The highest BCUT2D eigenvalue weighted by Gasteiger charge is 2.03. The van der Waals surface area contributed by atoms with Gasteiger partial charge in [-0.05, 0) is 23.9 Å². The maximum Gasteiger partial charge on any atom is 0.188 e. The molecule has 0 bridgehead atoms. The number of aromatic nitrogens is 4. The first-order valence-electron chi connectivity index (χ1n) is 4.26. The van der Waals surface area contributed by atoms with E-state index in [0.717, 1.165) is 4.90 Å². The third kappa shape index (κ3) is 2.41. The van der Waals surface area contributed by atoms with Crippen LogP contribution in [0.15, 0.2) is 34.7 Å². The third-order valence-electron chi connectivity index (χ3n) is 1.70. The molecule has 0 aromatic carbocycles. The standard InChI is InChI=1S/C9H8N4OS/c1-6(14)8-3-2-7(4-10-8)15-9-11-5-12-13-9/h2-5H,1H3,(H,11,12,13). The van der Waals surface area contributed by atoms with Crippen molar-refractivity contribution in [1.29, 1.82) is 0 Å². The summed E-state index contributed by atoms with van der Waals surface area (Å²) in [5.74, 6) is -0.0359. The van der Waals surface area contributed by atoms with E-state index in [4.69, 9.17) is 0 Å². The summed E-state index contributed by atoms with van der Waals surface area (Å²) in [4.78, 5) is 19.9. The monoisotopic (exact) mass is 220 g/mol. The van der Waals surface area contributed by atoms with Crippen molar-refractivity contribution in [3.05, 3.63) is 30.4 Å². The molecule has 0 saturated heterocycles. The van der Waals surface area contributed by atoms with Crippen molar-refractivity contribution in [1.82, 2.24) is 20.2 Å². The third-order valence-corrected chi connectivity index (χ3v) is 2.57. The van der Waals surface area contributed by atoms with E-state index in [0.29, 0.717) is 10.9 Å². The van der Waals surface area contributed by atoms with Crippen LogP contribution >= 0.6 is 11.8 Å². The van der Waals surface area contributed by atoms with Gasteiger partial charge in [0.2, 0.25) is 0 Å². The Bertz CT molecular complexity index is 451. The molecule has 2 heterocycles. The number of nitrogens with zero attached hydrogens (tertiary/aromatic N) is 3. The Morgan fingerprint density at radius 2 is 2.27 bits per heavy atom. The van der Waals surface area contributed by atoms with Crippen molar-refractivity contribution in [2.45, 2.75) is 17.0 Å². The molecule has 2 rings (SSSR count). The van der Waals surface area contributed by atoms with E-state index in [-0.39, 0.29) is 5.78 Å². The van der Waals surface area contributed by atoms with Crippen LogP contribution in [-0.4, -0.2) is 25.9 Å². The number of rotatable bonds is 3. The van der Waals surface area contributed by atoms with Crippen LogP contribution in [0.1, 0.15) is 17.4 Å². The molecule has 76 valence electrons. The van der Waals surface area contributed by atoms with Gasteiger partial charge in [0.15, 0.2) is 10.9 Å². The number of hydrogen-bond donors (Lipinski definition) is 1. The van der Waals surface area contributed by atoms with Gasteiger partial charge in [0.1, 0.15) is 12.0 Å². The summed E-state index contributed by atoms with van der Waals surface area (Å²) in [6.45, 7) is 1.49. The second kappa shape index (κ2) is 4.22. The van der Waals surface area contributed by atoms with Crippen molar-refractivity contribution in [2.75, 3.05) is 0 Å². The molecule has 0 unspecified atom stereocenters. The zero-order valence-electron chi connectivity index (χ0n) is 7.97. The van der Waals surface area contributed by atoms with E-state index in [1.54, 1.807) is 12.3 Å². The van der Waals surface area contributed by atoms with E-state index in [2.05, 4.69) is 20.2 Å². The number of Topliss-reactive ketones (excluding diaryl/α,β-unsaturated/α-hetero) is 1. The van der Waals surface area contributed by atoms with Gasteiger partial charge in [0.05, 0.1) is 0 Å². The Hall–Kier alpha value is -1.69. The van der Waals surface area contributed by atoms with Crippen LogP contribution in [0, 0.1) is 0 Å². The minimum Gasteiger partial charge on any atom is -0.293 e. The molecule has 0 saturated carbocycles. The smallest absolute Gasteiger partial charge is 0.188 e. The molecule has 0 radical (unpaired) electrons. The number of pyridine rings is 1. The second-order valence-corrected chi connectivity index (χ2v) is 3.89. The van der Waals surface area contributed by atoms with Crippen molar-refractivity contribution < 1.29 is 4.79 Å². The normalized spacial score (nSPS) is 10.2. The van der Waals surface area contributed by atoms with Gasteiger partial charge in [0, 0.05) is 18.0 Å². The van der Waals surface area contributed by atoms with Gasteiger partial charge < -0.3 is 0 Å². The van der Waals surface area contributed by atoms with Crippen LogP contribution < -0.4 is 0 Å². The predicted molar refractivity (Wildman–Crippen MR) is 54.7 cm³/mol. The van der Waals surface area contributed by atoms with Crippen LogP contribution in [0.25, 0.3) is 0 Å². The van der Waals surface area contributed by atoms with Gasteiger partial charge in [0.25, 0.3) is 0 Å². The Labute approximate surface area is 90.3 Å². The first-order valence-corrected chi connectivity index (χ1v) is 5.07. The number of ketones is 1. The van der Waals surface area contributed by atoms with E-state index < -0.39 is 0 Å². The lowest BCUT2D eigenvalue weighted by Gasteiger charge is -1.97. The summed E-state index contributed by atoms with van der Waals surface area (Å²) in [5, 5.41) is 7.16. The molecule has 15 heavy (non-hydrogen) atoms. The molecule has 0 amide bonds. The average molecular weight is 220 g/mol. The molecule has 0 aliphatic rings. The van der Waals surface area contributed by atoms with Crippen LogP contribution in [-0.2, 0) is 0 Å². The first kappa shape index (κ1) is 9.85. The molecule has 0 aliphatic heterocycles. The maximum absolute atomic E-state index is 11.0. The topological polar surface area (TPSA) is 71.5 Å². The molecule has 0 fully saturated rings. The number of nitrogens with one attached hydrogen (secondary N) is 1. The fourth-order valence-electron chi connectivity index (χ4n) is 1.00. The predicted octanol–water partition coefficient (Wildman–Crippen LogP) is 1.55. The minimum atomic E-state index is -0.0359. The molecular weight excluding hydrogens is 212 g/mol. The summed E-state index contributed by atoms with van der Waals surface area (Å²) in [5.41, 5.74) is 0.469. The molecule has 6 heteroatoms. The van der Waals surface area contributed by atoms with Crippen LogP contribution in [0.4, 0.5) is 0 Å². The van der Waals surface area contributed by atoms with Gasteiger partial charge in [-0.15, -0.1) is 0 Å². The summed E-state index contributed by atoms with van der Waals surface area (Å²) >= 11 is 1.41. The summed E-state index contributed by atoms with van der Waals surface area (Å²) in [6, 6.07) is 3.53. The van der Waals surface area contributed by atoms with Gasteiger partial charge in [-0.25, -0.2) is 4.98 Å². The maximum atomic E-state index is 11.0. The average Bonchev–Trinajstić information content (AvgIpc) is 2.71. The zero-order chi connectivity index (χ0) is 10.7. The van der Waals surface area contributed by atoms with Crippen molar-refractivity contribution in [2.24, 2.45) is 0 Å². The first-order chi connectivity index (χ1) is 7.25. The van der Waals surface area contributed by atoms with Gasteiger partial charge in [-0.3, -0.25) is 14.9 Å². The van der Waals surface area contributed by atoms with Gasteiger partial charge in [-0.2, -0.15) is 5.10 Å². The summed E-state index contributed by atoms with van der Waals surface area (Å²) < 4.78 is 0. The minimum absolute atomic E-state index is 0.0359. The van der Waals surface area contributed by atoms with E-state index in [1.165, 1.54) is 25.0 Å². The molecule has 0 aliphatic carbocycles. The van der Waals surface area contributed by atoms with Crippen molar-refractivity contribution >= 4 is 17.5 Å². The number of carbonyl (C=O) groups is 1. The molecule has 1 N–H and O–H groups in total. The van der Waals surface area contributed by atoms with Crippen LogP contribution in [0.5, 0.6) is 0 Å². The molecule has 5 nitrogen and oxygen atoms in total. The van der Waals surface area contributed by atoms with E-state index in [1.807, 2.05) is 6.07 Å². The van der Waals surface area contributed by atoms with Gasteiger partial charge >= 0.3 is 0 Å². The highest BCUT2D eigenvalue weighted by molar-refractivity contribution is 7.99. The number of H-pyrrole nitrogens is 1. The Balaban J connectivity index is 2.14. The zero-order valence-corrected chi connectivity index (χ0v) is 8.78. The Kier molecular flexibility index (Phi) is 2.77. The molecular formula is C9H8N4OS. The summed E-state index contributed by atoms with van der Waals surface area (Å²) in [7, 11) is 0. The Morgan fingerprint density at radius 3 is 2.80 bits per heavy atom. The van der Waals surface area contributed by atoms with E-state index >= 15 is 0 Å². The van der Waals surface area contributed by atoms with E-state index in [9.17, 15) is 4.79 Å². The largest absolute Gasteiger partial charge is 0.293 e. The number of carbonyl (C=O) groups excluding carboxylic acids is 1. The summed E-state index contributed by atoms with van der Waals surface area (Å²) in [6.07, 6.45) is 3.09. The number of hydrogen-bond acceptors (Lipinski definition) is 5. The van der Waals surface area contributed by atoms with Crippen LogP contribution in [0.2, 0.25) is 0 Å². The fraction of sp³-hybridized carbons (Fsp3) is 0.111. The van der Waals surface area contributed by atoms with Crippen molar-refractivity contribution in [3.8, 4) is 0 Å². The molecule has 2 aromatic rings. The lowest BCUT2D eigenvalue weighted by atomic mass is 10.3. The molecule has 0 atom stereocenters. The Morgan fingerprint density at radius 1 is 1.40 bits per heavy atom. The van der Waals surface area contributed by atoms with Crippen LogP contribution in [0.3, 0.4) is 0 Å². The van der Waals surface area contributed by atoms with Gasteiger partial charge in [-0.1, -0.05) is 0 Å².